The molecule has 7 nitrogen and oxygen atoms in total. The first-order valence-electron chi connectivity index (χ1n) is 10.6. The number of amides is 3. The number of carbonyl (C=O) groups is 2. The number of likely N-dealkylation sites (N-methyl/N-ethyl adjacent to an activating group) is 1. The number of carbonyl (C=O) groups excluding carboxylic acids is 2. The van der Waals surface area contributed by atoms with Crippen LogP contribution in [-0.2, 0) is 10.2 Å². The number of rotatable bonds is 6. The predicted octanol–water partition coefficient (Wildman–Crippen LogP) is 6.62. The zero-order chi connectivity index (χ0) is 25.0. The van der Waals surface area contributed by atoms with Crippen molar-refractivity contribution in [3.8, 4) is 5.69 Å². The van der Waals surface area contributed by atoms with Gasteiger partial charge in [0.1, 0.15) is 12.4 Å². The molecule has 0 saturated heterocycles. The lowest BCUT2D eigenvalue weighted by molar-refractivity contribution is -0.116. The number of benzene rings is 2. The van der Waals surface area contributed by atoms with Crippen molar-refractivity contribution in [2.24, 2.45) is 0 Å². The number of nitrogens with zero attached hydrogens (tertiary/aromatic N) is 3. The minimum absolute atomic E-state index is 0.146. The molecule has 0 bridgehead atoms. The van der Waals surface area contributed by atoms with Gasteiger partial charge in [-0.3, -0.25) is 4.79 Å². The summed E-state index contributed by atoms with van der Waals surface area (Å²) in [6.07, 6.45) is 0. The Kier molecular flexibility index (Phi) is 8.13. The van der Waals surface area contributed by atoms with Crippen molar-refractivity contribution in [3.63, 3.8) is 0 Å². The second kappa shape index (κ2) is 10.7. The molecule has 0 radical (unpaired) electrons. The van der Waals surface area contributed by atoms with E-state index in [9.17, 15) is 9.59 Å². The molecule has 0 saturated carbocycles. The Bertz CT molecular complexity index is 1190. The third-order valence-electron chi connectivity index (χ3n) is 4.99. The average Bonchev–Trinajstić information content (AvgIpc) is 3.19. The molecular formula is C24H26Cl3N5O2. The minimum atomic E-state index is -0.395. The Hall–Kier alpha value is -2.74. The summed E-state index contributed by atoms with van der Waals surface area (Å²) in [5, 5.41) is 11.7. The molecule has 34 heavy (non-hydrogen) atoms. The van der Waals surface area contributed by atoms with E-state index >= 15 is 0 Å². The van der Waals surface area contributed by atoms with E-state index in [2.05, 4.69) is 15.7 Å². The molecule has 0 spiro atoms. The summed E-state index contributed by atoms with van der Waals surface area (Å²) >= 11 is 18.1. The van der Waals surface area contributed by atoms with Crippen LogP contribution in [0.3, 0.4) is 0 Å². The van der Waals surface area contributed by atoms with Crippen molar-refractivity contribution >= 4 is 58.2 Å². The fraction of sp³-hybridized carbons (Fsp3) is 0.292. The maximum absolute atomic E-state index is 12.9. The number of urea groups is 1. The summed E-state index contributed by atoms with van der Waals surface area (Å²) < 4.78 is 1.60. The Morgan fingerprint density at radius 2 is 1.65 bits per heavy atom. The average molecular weight is 523 g/mol. The van der Waals surface area contributed by atoms with Crippen LogP contribution in [0.25, 0.3) is 5.69 Å². The second-order valence-electron chi connectivity index (χ2n) is 8.67. The van der Waals surface area contributed by atoms with E-state index in [1.165, 1.54) is 4.90 Å². The Morgan fingerprint density at radius 1 is 0.971 bits per heavy atom. The van der Waals surface area contributed by atoms with Crippen LogP contribution < -0.4 is 10.6 Å². The van der Waals surface area contributed by atoms with Gasteiger partial charge in [-0.2, -0.15) is 5.10 Å². The first kappa shape index (κ1) is 25.9. The Morgan fingerprint density at radius 3 is 2.24 bits per heavy atom. The molecule has 1 heterocycles. The van der Waals surface area contributed by atoms with Gasteiger partial charge in [0.05, 0.1) is 21.4 Å². The SMILES string of the molecule is CCN(CC(=O)Nc1cc(C(C)(C)C)nn1-c1ccc(Cl)c(Cl)c1)C(=O)Nc1ccc(Cl)cc1. The third-order valence-corrected chi connectivity index (χ3v) is 5.98. The largest absolute Gasteiger partial charge is 0.322 e. The van der Waals surface area contributed by atoms with E-state index in [0.717, 1.165) is 5.69 Å². The van der Waals surface area contributed by atoms with Gasteiger partial charge in [-0.05, 0) is 49.4 Å². The molecule has 0 fully saturated rings. The summed E-state index contributed by atoms with van der Waals surface area (Å²) in [6.45, 7) is 8.08. The van der Waals surface area contributed by atoms with Crippen molar-refractivity contribution in [2.75, 3.05) is 23.7 Å². The van der Waals surface area contributed by atoms with Gasteiger partial charge in [0.2, 0.25) is 5.91 Å². The first-order valence-corrected chi connectivity index (χ1v) is 11.8. The fourth-order valence-electron chi connectivity index (χ4n) is 3.07. The van der Waals surface area contributed by atoms with Gasteiger partial charge >= 0.3 is 6.03 Å². The van der Waals surface area contributed by atoms with Crippen molar-refractivity contribution < 1.29 is 9.59 Å². The van der Waals surface area contributed by atoms with E-state index in [1.54, 1.807) is 54.1 Å². The van der Waals surface area contributed by atoms with E-state index in [4.69, 9.17) is 34.8 Å². The van der Waals surface area contributed by atoms with Crippen molar-refractivity contribution in [1.29, 1.82) is 0 Å². The van der Waals surface area contributed by atoms with Gasteiger partial charge < -0.3 is 15.5 Å². The normalized spacial score (nSPS) is 11.3. The molecule has 3 amide bonds. The molecule has 3 aromatic rings. The lowest BCUT2D eigenvalue weighted by atomic mass is 9.92. The highest BCUT2D eigenvalue weighted by Crippen LogP contribution is 2.29. The van der Waals surface area contributed by atoms with Crippen molar-refractivity contribution in [2.45, 2.75) is 33.1 Å². The van der Waals surface area contributed by atoms with Crippen LogP contribution in [0, 0.1) is 0 Å². The van der Waals surface area contributed by atoms with Gasteiger partial charge in [-0.25, -0.2) is 9.48 Å². The molecule has 0 aliphatic heterocycles. The standard InChI is InChI=1S/C24H26Cl3N5O2/c1-5-31(23(34)28-16-8-6-15(25)7-9-16)14-22(33)29-21-13-20(24(2,3)4)30-32(21)17-10-11-18(26)19(27)12-17/h6-13H,5,14H2,1-4H3,(H,28,34)(H,29,33). The lowest BCUT2D eigenvalue weighted by Crippen LogP contribution is -2.40. The van der Waals surface area contributed by atoms with Crippen LogP contribution in [0.4, 0.5) is 16.3 Å². The van der Waals surface area contributed by atoms with Gasteiger partial charge in [-0.1, -0.05) is 55.6 Å². The maximum atomic E-state index is 12.9. The summed E-state index contributed by atoms with van der Waals surface area (Å²) in [7, 11) is 0. The van der Waals surface area contributed by atoms with Crippen LogP contribution in [0.15, 0.2) is 48.5 Å². The van der Waals surface area contributed by atoms with Gasteiger partial charge in [0, 0.05) is 28.7 Å². The molecule has 180 valence electrons. The molecule has 0 atom stereocenters. The van der Waals surface area contributed by atoms with Crippen LogP contribution >= 0.6 is 34.8 Å². The predicted molar refractivity (Wildman–Crippen MR) is 139 cm³/mol. The van der Waals surface area contributed by atoms with Crippen LogP contribution in [0.1, 0.15) is 33.4 Å². The molecule has 0 aliphatic rings. The number of anilines is 2. The highest BCUT2D eigenvalue weighted by Gasteiger charge is 2.23. The quantitative estimate of drug-likeness (QED) is 0.382. The molecular weight excluding hydrogens is 497 g/mol. The van der Waals surface area contributed by atoms with Crippen molar-refractivity contribution in [3.05, 3.63) is 69.3 Å². The number of hydrogen-bond acceptors (Lipinski definition) is 3. The van der Waals surface area contributed by atoms with E-state index < -0.39 is 6.03 Å². The van der Waals surface area contributed by atoms with Crippen molar-refractivity contribution in [1.82, 2.24) is 14.7 Å². The van der Waals surface area contributed by atoms with Gasteiger partial charge in [0.25, 0.3) is 0 Å². The highest BCUT2D eigenvalue weighted by atomic mass is 35.5. The Balaban J connectivity index is 1.79. The third kappa shape index (κ3) is 6.44. The summed E-state index contributed by atoms with van der Waals surface area (Å²) in [4.78, 5) is 27.0. The van der Waals surface area contributed by atoms with Crippen LogP contribution in [0.2, 0.25) is 15.1 Å². The van der Waals surface area contributed by atoms with Crippen LogP contribution in [0.5, 0.6) is 0 Å². The summed E-state index contributed by atoms with van der Waals surface area (Å²) in [6, 6.07) is 13.3. The molecule has 10 heteroatoms. The maximum Gasteiger partial charge on any atom is 0.322 e. The highest BCUT2D eigenvalue weighted by molar-refractivity contribution is 6.42. The van der Waals surface area contributed by atoms with E-state index in [-0.39, 0.29) is 17.9 Å². The molecule has 0 aliphatic carbocycles. The topological polar surface area (TPSA) is 79.3 Å². The number of nitrogens with one attached hydrogen (secondary N) is 2. The van der Waals surface area contributed by atoms with Crippen LogP contribution in [-0.4, -0.2) is 39.7 Å². The number of halogens is 3. The molecule has 0 unspecified atom stereocenters. The molecule has 2 aromatic carbocycles. The van der Waals surface area contributed by atoms with Gasteiger partial charge in [-0.15, -0.1) is 0 Å². The summed E-state index contributed by atoms with van der Waals surface area (Å²) in [5.41, 5.74) is 1.75. The Labute approximate surface area is 214 Å². The molecule has 3 rings (SSSR count). The molecule has 2 N–H and O–H groups in total. The first-order chi connectivity index (χ1) is 16.0. The summed E-state index contributed by atoms with van der Waals surface area (Å²) in [5.74, 6) is 0.0947. The fourth-order valence-corrected chi connectivity index (χ4v) is 3.49. The number of hydrogen-bond donors (Lipinski definition) is 2. The monoisotopic (exact) mass is 521 g/mol. The molecule has 1 aromatic heterocycles. The minimum Gasteiger partial charge on any atom is -0.315 e. The lowest BCUT2D eigenvalue weighted by Gasteiger charge is -2.21. The van der Waals surface area contributed by atoms with E-state index in [0.29, 0.717) is 38.8 Å². The zero-order valence-corrected chi connectivity index (χ0v) is 21.6. The van der Waals surface area contributed by atoms with E-state index in [1.807, 2.05) is 26.8 Å². The van der Waals surface area contributed by atoms with Gasteiger partial charge in [0.15, 0.2) is 0 Å². The second-order valence-corrected chi connectivity index (χ2v) is 9.93. The zero-order valence-electron chi connectivity index (χ0n) is 19.3. The number of aromatic nitrogens is 2. The smallest absolute Gasteiger partial charge is 0.315 e.